The van der Waals surface area contributed by atoms with Crippen molar-refractivity contribution in [2.75, 3.05) is 0 Å². The van der Waals surface area contributed by atoms with E-state index in [1.54, 1.807) is 69.4 Å². The van der Waals surface area contributed by atoms with Crippen LogP contribution < -0.4 is 0 Å². The molecule has 1 aromatic heterocycles. The Kier molecular flexibility index (Phi) is 5.57. The zero-order valence-corrected chi connectivity index (χ0v) is 16.6. The van der Waals surface area contributed by atoms with Gasteiger partial charge in [0.25, 0.3) is 0 Å². The van der Waals surface area contributed by atoms with E-state index in [1.807, 2.05) is 0 Å². The van der Waals surface area contributed by atoms with E-state index in [0.29, 0.717) is 17.1 Å². The SMILES string of the molecule is Cc1ncc(-c2ccc(S(=O)(=O)C(C)C)cc2)nc1C#Cc1ccccc1F. The average Bonchev–Trinajstić information content (AvgIpc) is 2.68. The first-order valence-electron chi connectivity index (χ1n) is 8.73. The van der Waals surface area contributed by atoms with Gasteiger partial charge in [-0.1, -0.05) is 30.2 Å². The molecule has 0 radical (unpaired) electrons. The van der Waals surface area contributed by atoms with Gasteiger partial charge in [-0.15, -0.1) is 0 Å². The van der Waals surface area contributed by atoms with Crippen LogP contribution in [0, 0.1) is 24.6 Å². The molecular formula is C22H19FN2O2S. The number of hydrogen-bond acceptors (Lipinski definition) is 4. The third kappa shape index (κ3) is 4.10. The van der Waals surface area contributed by atoms with Gasteiger partial charge in [0, 0.05) is 5.56 Å². The van der Waals surface area contributed by atoms with Crippen LogP contribution in [0.1, 0.15) is 30.8 Å². The van der Waals surface area contributed by atoms with Gasteiger partial charge < -0.3 is 0 Å². The minimum atomic E-state index is -3.33. The maximum atomic E-state index is 13.7. The molecular weight excluding hydrogens is 375 g/mol. The van der Waals surface area contributed by atoms with Crippen LogP contribution in [0.5, 0.6) is 0 Å². The van der Waals surface area contributed by atoms with Gasteiger partial charge in [-0.25, -0.2) is 17.8 Å². The minimum absolute atomic E-state index is 0.269. The lowest BCUT2D eigenvalue weighted by molar-refractivity contribution is 0.587. The van der Waals surface area contributed by atoms with E-state index in [9.17, 15) is 12.8 Å². The van der Waals surface area contributed by atoms with Gasteiger partial charge in [-0.05, 0) is 51.0 Å². The number of hydrogen-bond donors (Lipinski definition) is 0. The summed E-state index contributed by atoms with van der Waals surface area (Å²) in [6.45, 7) is 5.07. The Morgan fingerprint density at radius 2 is 1.68 bits per heavy atom. The highest BCUT2D eigenvalue weighted by atomic mass is 32.2. The average molecular weight is 394 g/mol. The molecule has 0 saturated carbocycles. The van der Waals surface area contributed by atoms with Crippen LogP contribution in [-0.2, 0) is 9.84 Å². The fraction of sp³-hybridized carbons (Fsp3) is 0.182. The Morgan fingerprint density at radius 3 is 2.32 bits per heavy atom. The molecule has 0 N–H and O–H groups in total. The van der Waals surface area contributed by atoms with Gasteiger partial charge in [0.05, 0.1) is 33.3 Å². The fourth-order valence-corrected chi connectivity index (χ4v) is 3.54. The Balaban J connectivity index is 1.95. The van der Waals surface area contributed by atoms with Gasteiger partial charge in [0.1, 0.15) is 11.5 Å². The number of aromatic nitrogens is 2. The summed E-state index contributed by atoms with van der Waals surface area (Å²) in [5.74, 6) is 5.26. The number of aryl methyl sites for hydroxylation is 1. The first kappa shape index (κ1) is 19.7. The van der Waals surface area contributed by atoms with Crippen LogP contribution in [-0.4, -0.2) is 23.6 Å². The lowest BCUT2D eigenvalue weighted by Gasteiger charge is -2.09. The molecule has 0 aliphatic rings. The van der Waals surface area contributed by atoms with E-state index in [4.69, 9.17) is 0 Å². The monoisotopic (exact) mass is 394 g/mol. The van der Waals surface area contributed by atoms with Crippen molar-refractivity contribution in [2.45, 2.75) is 30.9 Å². The first-order valence-corrected chi connectivity index (χ1v) is 10.3. The molecule has 0 spiro atoms. The van der Waals surface area contributed by atoms with Crippen molar-refractivity contribution in [2.24, 2.45) is 0 Å². The molecule has 6 heteroatoms. The van der Waals surface area contributed by atoms with E-state index in [-0.39, 0.29) is 10.5 Å². The summed E-state index contributed by atoms with van der Waals surface area (Å²) in [6, 6.07) is 12.8. The molecule has 0 aliphatic carbocycles. The number of nitrogens with zero attached hydrogens (tertiary/aromatic N) is 2. The lowest BCUT2D eigenvalue weighted by atomic mass is 10.1. The van der Waals surface area contributed by atoms with Gasteiger partial charge in [-0.3, -0.25) is 4.98 Å². The molecule has 0 aliphatic heterocycles. The molecule has 28 heavy (non-hydrogen) atoms. The molecule has 4 nitrogen and oxygen atoms in total. The predicted molar refractivity (Wildman–Crippen MR) is 107 cm³/mol. The fourth-order valence-electron chi connectivity index (χ4n) is 2.48. The molecule has 0 amide bonds. The third-order valence-corrected chi connectivity index (χ3v) is 6.41. The summed E-state index contributed by atoms with van der Waals surface area (Å²) in [6.07, 6.45) is 1.61. The number of benzene rings is 2. The second kappa shape index (κ2) is 7.91. The van der Waals surface area contributed by atoms with Crippen molar-refractivity contribution in [3.8, 4) is 23.1 Å². The smallest absolute Gasteiger partial charge is 0.180 e. The summed E-state index contributed by atoms with van der Waals surface area (Å²) in [5.41, 5.74) is 2.66. The third-order valence-electron chi connectivity index (χ3n) is 4.24. The molecule has 0 unspecified atom stereocenters. The first-order chi connectivity index (χ1) is 13.3. The van der Waals surface area contributed by atoms with E-state index in [0.717, 1.165) is 5.56 Å². The number of sulfone groups is 1. The summed E-state index contributed by atoms with van der Waals surface area (Å²) in [5, 5.41) is -0.488. The zero-order chi connectivity index (χ0) is 20.3. The van der Waals surface area contributed by atoms with E-state index in [1.165, 1.54) is 6.07 Å². The second-order valence-corrected chi connectivity index (χ2v) is 9.04. The molecule has 0 atom stereocenters. The summed E-state index contributed by atoms with van der Waals surface area (Å²) in [7, 11) is -3.33. The Morgan fingerprint density at radius 1 is 1.00 bits per heavy atom. The van der Waals surface area contributed by atoms with Gasteiger partial charge in [-0.2, -0.15) is 0 Å². The molecule has 3 aromatic rings. The molecule has 0 bridgehead atoms. The van der Waals surface area contributed by atoms with Crippen LogP contribution in [0.15, 0.2) is 59.6 Å². The highest BCUT2D eigenvalue weighted by molar-refractivity contribution is 7.92. The molecule has 142 valence electrons. The molecule has 1 heterocycles. The van der Waals surface area contributed by atoms with Gasteiger partial charge >= 0.3 is 0 Å². The number of halogens is 1. The Labute approximate surface area is 164 Å². The van der Waals surface area contributed by atoms with Crippen molar-refractivity contribution < 1.29 is 12.8 Å². The maximum absolute atomic E-state index is 13.7. The largest absolute Gasteiger partial charge is 0.256 e. The molecule has 0 fully saturated rings. The van der Waals surface area contributed by atoms with Crippen LogP contribution in [0.4, 0.5) is 4.39 Å². The highest BCUT2D eigenvalue weighted by Crippen LogP contribution is 2.22. The maximum Gasteiger partial charge on any atom is 0.180 e. The zero-order valence-electron chi connectivity index (χ0n) is 15.8. The molecule has 2 aromatic carbocycles. The standard InChI is InChI=1S/C22H19FN2O2S/c1-15(2)28(26,27)19-11-8-18(9-12-19)22-14-24-16(3)21(25-22)13-10-17-6-4-5-7-20(17)23/h4-9,11-12,14-15H,1-3H3. The van der Waals surface area contributed by atoms with Crippen LogP contribution >= 0.6 is 0 Å². The van der Waals surface area contributed by atoms with E-state index in [2.05, 4.69) is 21.8 Å². The second-order valence-electron chi connectivity index (χ2n) is 6.54. The number of rotatable bonds is 3. The Hall–Kier alpha value is -3.04. The van der Waals surface area contributed by atoms with Crippen molar-refractivity contribution in [3.63, 3.8) is 0 Å². The molecule has 0 saturated heterocycles. The van der Waals surface area contributed by atoms with Gasteiger partial charge in [0.2, 0.25) is 0 Å². The quantitative estimate of drug-likeness (QED) is 0.626. The van der Waals surface area contributed by atoms with E-state index >= 15 is 0 Å². The van der Waals surface area contributed by atoms with E-state index < -0.39 is 20.9 Å². The minimum Gasteiger partial charge on any atom is -0.256 e. The lowest BCUT2D eigenvalue weighted by Crippen LogP contribution is -2.13. The summed E-state index contributed by atoms with van der Waals surface area (Å²) in [4.78, 5) is 9.09. The topological polar surface area (TPSA) is 59.9 Å². The normalized spacial score (nSPS) is 11.2. The summed E-state index contributed by atoms with van der Waals surface area (Å²) < 4.78 is 38.2. The van der Waals surface area contributed by atoms with Crippen LogP contribution in [0.2, 0.25) is 0 Å². The Bertz CT molecular complexity index is 1180. The van der Waals surface area contributed by atoms with Crippen molar-refractivity contribution in [1.82, 2.24) is 9.97 Å². The van der Waals surface area contributed by atoms with Crippen molar-refractivity contribution in [3.05, 3.63) is 77.5 Å². The highest BCUT2D eigenvalue weighted by Gasteiger charge is 2.19. The van der Waals surface area contributed by atoms with Crippen molar-refractivity contribution in [1.29, 1.82) is 0 Å². The predicted octanol–water partition coefficient (Wildman–Crippen LogP) is 4.17. The van der Waals surface area contributed by atoms with Crippen LogP contribution in [0.25, 0.3) is 11.3 Å². The summed E-state index contributed by atoms with van der Waals surface area (Å²) >= 11 is 0. The van der Waals surface area contributed by atoms with Crippen LogP contribution in [0.3, 0.4) is 0 Å². The molecule has 3 rings (SSSR count). The van der Waals surface area contributed by atoms with Gasteiger partial charge in [0.15, 0.2) is 9.84 Å². The van der Waals surface area contributed by atoms with Crippen molar-refractivity contribution >= 4 is 9.84 Å².